The van der Waals surface area contributed by atoms with Gasteiger partial charge in [0.1, 0.15) is 17.5 Å². The third-order valence-corrected chi connectivity index (χ3v) is 7.42. The van der Waals surface area contributed by atoms with Crippen molar-refractivity contribution in [3.8, 4) is 0 Å². The van der Waals surface area contributed by atoms with Crippen LogP contribution in [0.5, 0.6) is 0 Å². The zero-order valence-corrected chi connectivity index (χ0v) is 17.5. The molecule has 0 spiro atoms. The molecule has 1 atom stereocenters. The van der Waals surface area contributed by atoms with Crippen LogP contribution in [0.1, 0.15) is 44.9 Å². The van der Waals surface area contributed by atoms with Crippen LogP contribution in [-0.2, 0) is 20.7 Å². The van der Waals surface area contributed by atoms with E-state index in [1.54, 1.807) is 13.1 Å². The van der Waals surface area contributed by atoms with Crippen molar-refractivity contribution in [2.45, 2.75) is 57.1 Å². The Morgan fingerprint density at radius 2 is 1.87 bits per heavy atom. The standard InChI is InChI=1S/C23H29N3O4/c1-23(21(27)29-2,12-19-24-13-18-5-3-4-6-26(18)19)25-22(28)30-20-16-8-14-7-15(10-16)11-17(20)9-14/h3-6,13-17,20H,7-12H2,1-2H3,(H,25,28)/t14?,15?,16?,17?,20?,23-/m0/s1. The maximum absolute atomic E-state index is 12.9. The van der Waals surface area contributed by atoms with Gasteiger partial charge in [0.25, 0.3) is 0 Å². The highest BCUT2D eigenvalue weighted by Crippen LogP contribution is 2.54. The Kier molecular flexibility index (Phi) is 4.71. The van der Waals surface area contributed by atoms with E-state index in [0.29, 0.717) is 17.7 Å². The van der Waals surface area contributed by atoms with Gasteiger partial charge in [0.05, 0.1) is 18.8 Å². The van der Waals surface area contributed by atoms with Gasteiger partial charge in [0.2, 0.25) is 0 Å². The number of hydrogen-bond donors (Lipinski definition) is 1. The number of nitrogens with one attached hydrogen (secondary N) is 1. The van der Waals surface area contributed by atoms with Crippen molar-refractivity contribution in [3.63, 3.8) is 0 Å². The van der Waals surface area contributed by atoms with E-state index in [1.165, 1.54) is 39.2 Å². The number of nitrogens with zero attached hydrogens (tertiary/aromatic N) is 2. The summed E-state index contributed by atoms with van der Waals surface area (Å²) in [5.74, 6) is 2.71. The van der Waals surface area contributed by atoms with Crippen molar-refractivity contribution in [3.05, 3.63) is 36.4 Å². The largest absolute Gasteiger partial charge is 0.467 e. The molecule has 2 heterocycles. The fourth-order valence-electron chi connectivity index (χ4n) is 6.29. The number of hydrogen-bond acceptors (Lipinski definition) is 5. The monoisotopic (exact) mass is 411 g/mol. The van der Waals surface area contributed by atoms with Crippen molar-refractivity contribution in [1.29, 1.82) is 0 Å². The molecule has 2 aromatic rings. The minimum atomic E-state index is -1.27. The van der Waals surface area contributed by atoms with Gasteiger partial charge in [0.15, 0.2) is 0 Å². The van der Waals surface area contributed by atoms with Crippen LogP contribution in [0, 0.1) is 23.7 Å². The molecular weight excluding hydrogens is 382 g/mol. The number of rotatable bonds is 5. The number of pyridine rings is 1. The highest BCUT2D eigenvalue weighted by molar-refractivity contribution is 5.85. The number of esters is 1. The zero-order chi connectivity index (χ0) is 20.9. The molecule has 7 nitrogen and oxygen atoms in total. The highest BCUT2D eigenvalue weighted by Gasteiger charge is 2.50. The zero-order valence-electron chi connectivity index (χ0n) is 17.5. The molecule has 0 saturated heterocycles. The van der Waals surface area contributed by atoms with Crippen molar-refractivity contribution >= 4 is 17.6 Å². The molecule has 6 rings (SSSR count). The van der Waals surface area contributed by atoms with Crippen LogP contribution in [0.2, 0.25) is 0 Å². The molecular formula is C23H29N3O4. The second-order valence-corrected chi connectivity index (χ2v) is 9.60. The van der Waals surface area contributed by atoms with Crippen LogP contribution in [0.4, 0.5) is 4.79 Å². The number of amides is 1. The van der Waals surface area contributed by atoms with Crippen LogP contribution in [0.25, 0.3) is 5.52 Å². The number of alkyl carbamates (subject to hydrolysis) is 1. The summed E-state index contributed by atoms with van der Waals surface area (Å²) in [6.45, 7) is 1.67. The predicted molar refractivity (Wildman–Crippen MR) is 110 cm³/mol. The molecule has 2 aromatic heterocycles. The first-order chi connectivity index (χ1) is 14.4. The van der Waals surface area contributed by atoms with Crippen LogP contribution in [0.15, 0.2) is 30.6 Å². The second-order valence-electron chi connectivity index (χ2n) is 9.60. The fraction of sp³-hybridized carbons (Fsp3) is 0.609. The third kappa shape index (κ3) is 3.34. The van der Waals surface area contributed by atoms with Gasteiger partial charge in [0, 0.05) is 12.6 Å². The van der Waals surface area contributed by atoms with E-state index in [2.05, 4.69) is 10.3 Å². The Hall–Kier alpha value is -2.57. The van der Waals surface area contributed by atoms with Crippen LogP contribution >= 0.6 is 0 Å². The molecule has 0 unspecified atom stereocenters. The number of carbonyl (C=O) groups is 2. The lowest BCUT2D eigenvalue weighted by Gasteiger charge is -2.53. The third-order valence-electron chi connectivity index (χ3n) is 7.42. The summed E-state index contributed by atoms with van der Waals surface area (Å²) in [4.78, 5) is 30.0. The van der Waals surface area contributed by atoms with Gasteiger partial charge < -0.3 is 19.2 Å². The van der Waals surface area contributed by atoms with Crippen LogP contribution < -0.4 is 5.32 Å². The van der Waals surface area contributed by atoms with Gasteiger partial charge in [-0.15, -0.1) is 0 Å². The Morgan fingerprint density at radius 1 is 1.17 bits per heavy atom. The topological polar surface area (TPSA) is 81.9 Å². The SMILES string of the molecule is COC(=O)[C@](C)(Cc1ncc2ccccn12)NC(=O)OC1C2CC3CC(C2)CC1C3. The minimum absolute atomic E-state index is 0.0352. The summed E-state index contributed by atoms with van der Waals surface area (Å²) in [6, 6.07) is 5.78. The molecule has 4 aliphatic carbocycles. The maximum atomic E-state index is 12.9. The molecule has 1 N–H and O–H groups in total. The van der Waals surface area contributed by atoms with Gasteiger partial charge in [-0.2, -0.15) is 0 Å². The summed E-state index contributed by atoms with van der Waals surface area (Å²) in [7, 11) is 1.33. The number of aromatic nitrogens is 2. The molecule has 4 saturated carbocycles. The molecule has 30 heavy (non-hydrogen) atoms. The summed E-state index contributed by atoms with van der Waals surface area (Å²) >= 11 is 0. The van der Waals surface area contributed by atoms with Crippen molar-refractivity contribution < 1.29 is 19.1 Å². The van der Waals surface area contributed by atoms with Crippen LogP contribution in [-0.4, -0.2) is 40.2 Å². The molecule has 0 aromatic carbocycles. The molecule has 160 valence electrons. The number of fused-ring (bicyclic) bond motifs is 1. The van der Waals surface area contributed by atoms with Gasteiger partial charge in [-0.1, -0.05) is 6.07 Å². The summed E-state index contributed by atoms with van der Waals surface area (Å²) in [6.07, 6.45) is 9.28. The van der Waals surface area contributed by atoms with E-state index in [4.69, 9.17) is 9.47 Å². The van der Waals surface area contributed by atoms with Gasteiger partial charge in [-0.25, -0.2) is 14.6 Å². The average Bonchev–Trinajstić information content (AvgIpc) is 3.12. The lowest BCUT2D eigenvalue weighted by atomic mass is 9.55. The molecule has 1 amide bonds. The van der Waals surface area contributed by atoms with E-state index >= 15 is 0 Å². The van der Waals surface area contributed by atoms with E-state index in [9.17, 15) is 9.59 Å². The first-order valence-electron chi connectivity index (χ1n) is 10.9. The first-order valence-corrected chi connectivity index (χ1v) is 10.9. The highest BCUT2D eigenvalue weighted by atomic mass is 16.6. The normalized spacial score (nSPS) is 31.3. The molecule has 0 aliphatic heterocycles. The van der Waals surface area contributed by atoms with Gasteiger partial charge in [-0.3, -0.25) is 0 Å². The Balaban J connectivity index is 1.32. The number of ether oxygens (including phenoxy) is 2. The first kappa shape index (κ1) is 19.4. The number of methoxy groups -OCH3 is 1. The second kappa shape index (κ2) is 7.29. The summed E-state index contributed by atoms with van der Waals surface area (Å²) in [5.41, 5.74) is -0.342. The van der Waals surface area contributed by atoms with Crippen LogP contribution in [0.3, 0.4) is 0 Å². The lowest BCUT2D eigenvalue weighted by Crippen LogP contribution is -2.57. The summed E-state index contributed by atoms with van der Waals surface area (Å²) in [5, 5.41) is 2.82. The molecule has 4 fully saturated rings. The molecule has 0 radical (unpaired) electrons. The fourth-order valence-corrected chi connectivity index (χ4v) is 6.29. The van der Waals surface area contributed by atoms with Crippen molar-refractivity contribution in [2.75, 3.05) is 7.11 Å². The Morgan fingerprint density at radius 3 is 2.53 bits per heavy atom. The van der Waals surface area contributed by atoms with Gasteiger partial charge in [-0.05, 0) is 74.8 Å². The smallest absolute Gasteiger partial charge is 0.408 e. The maximum Gasteiger partial charge on any atom is 0.408 e. The Labute approximate surface area is 176 Å². The Bertz CT molecular complexity index is 942. The quantitative estimate of drug-likeness (QED) is 0.763. The van der Waals surface area contributed by atoms with E-state index < -0.39 is 17.6 Å². The van der Waals surface area contributed by atoms with Crippen molar-refractivity contribution in [2.24, 2.45) is 23.7 Å². The molecule has 7 heteroatoms. The minimum Gasteiger partial charge on any atom is -0.467 e. The summed E-state index contributed by atoms with van der Waals surface area (Å²) < 4.78 is 12.9. The lowest BCUT2D eigenvalue weighted by molar-refractivity contribution is -0.148. The molecule has 4 aliphatic rings. The average molecular weight is 412 g/mol. The van der Waals surface area contributed by atoms with E-state index in [-0.39, 0.29) is 12.5 Å². The van der Waals surface area contributed by atoms with Crippen molar-refractivity contribution in [1.82, 2.24) is 14.7 Å². The van der Waals surface area contributed by atoms with E-state index in [1.807, 2.05) is 28.8 Å². The van der Waals surface area contributed by atoms with E-state index in [0.717, 1.165) is 17.4 Å². The number of carbonyl (C=O) groups excluding carboxylic acids is 2. The van der Waals surface area contributed by atoms with Gasteiger partial charge >= 0.3 is 12.1 Å². The number of imidazole rings is 1. The molecule has 4 bridgehead atoms. The predicted octanol–water partition coefficient (Wildman–Crippen LogP) is 3.36.